The lowest BCUT2D eigenvalue weighted by atomic mass is 10.0. The van der Waals surface area contributed by atoms with Gasteiger partial charge in [-0.25, -0.2) is 4.39 Å². The summed E-state index contributed by atoms with van der Waals surface area (Å²) in [5, 5.41) is 0. The van der Waals surface area contributed by atoms with Crippen molar-refractivity contribution >= 4 is 11.2 Å². The van der Waals surface area contributed by atoms with E-state index < -0.39 is 30.0 Å². The molecular formula is C12H18FNO2S. The van der Waals surface area contributed by atoms with Crippen LogP contribution in [-0.2, 0) is 15.9 Å². The quantitative estimate of drug-likeness (QED) is 0.792. The Bertz CT molecular complexity index is 334. The molecule has 0 amide bonds. The van der Waals surface area contributed by atoms with Gasteiger partial charge in [-0.3, -0.25) is 0 Å². The lowest BCUT2D eigenvalue weighted by Gasteiger charge is -2.20. The normalized spacial score (nSPS) is 16.5. The Kier molecular flexibility index (Phi) is 5.91. The van der Waals surface area contributed by atoms with Gasteiger partial charge in [-0.05, 0) is 35.8 Å². The fraction of sp³-hybridized carbons (Fsp3) is 0.500. The van der Waals surface area contributed by atoms with Crippen molar-refractivity contribution in [1.29, 1.82) is 0 Å². The van der Waals surface area contributed by atoms with Crippen molar-refractivity contribution in [3.8, 4) is 0 Å². The topological polar surface area (TPSA) is 58.3 Å². The lowest BCUT2D eigenvalue weighted by molar-refractivity contribution is 0.0720. The first-order valence-corrected chi connectivity index (χ1v) is 6.78. The number of halogens is 1. The van der Waals surface area contributed by atoms with Crippen LogP contribution in [0.2, 0.25) is 0 Å². The van der Waals surface area contributed by atoms with Crippen LogP contribution in [-0.4, -0.2) is 30.1 Å². The van der Waals surface area contributed by atoms with Crippen LogP contribution in [0.25, 0.3) is 0 Å². The Morgan fingerprint density at radius 2 is 2.00 bits per heavy atom. The molecule has 0 aliphatic heterocycles. The minimum Gasteiger partial charge on any atom is -0.611 e. The smallest absolute Gasteiger partial charge is 0.152 e. The van der Waals surface area contributed by atoms with Crippen LogP contribution < -0.4 is 5.73 Å². The van der Waals surface area contributed by atoms with Gasteiger partial charge in [-0.2, -0.15) is 0 Å². The monoisotopic (exact) mass is 259 g/mol. The highest BCUT2D eigenvalue weighted by atomic mass is 32.2. The summed E-state index contributed by atoms with van der Waals surface area (Å²) in [6.07, 6.45) is -0.468. The molecule has 17 heavy (non-hydrogen) atoms. The van der Waals surface area contributed by atoms with Crippen molar-refractivity contribution in [3.05, 3.63) is 29.8 Å². The zero-order valence-electron chi connectivity index (χ0n) is 10.1. The first kappa shape index (κ1) is 14.4. The molecule has 0 heterocycles. The van der Waals surface area contributed by atoms with Gasteiger partial charge in [0.05, 0.1) is 12.1 Å². The first-order chi connectivity index (χ1) is 8.13. The molecule has 1 aromatic carbocycles. The largest absolute Gasteiger partial charge is 0.611 e. The lowest BCUT2D eigenvalue weighted by Crippen LogP contribution is -2.31. The number of rotatable bonds is 6. The standard InChI is InChI=1S/C12H18FNO2S/c1-3-17(15)10-6-4-9(5-7-10)12(16-2)11(14)8-13/h4-7,11-12H,3,8,14H2,1-2H3/t11-,12-,17?/m1/s1. The summed E-state index contributed by atoms with van der Waals surface area (Å²) in [4.78, 5) is 0.764. The Balaban J connectivity index is 2.85. The molecule has 1 aromatic rings. The fourth-order valence-corrected chi connectivity index (χ4v) is 2.39. The summed E-state index contributed by atoms with van der Waals surface area (Å²) in [6.45, 7) is 1.22. The minimum atomic E-state index is -0.972. The van der Waals surface area contributed by atoms with Gasteiger partial charge in [0.1, 0.15) is 12.4 Å². The zero-order chi connectivity index (χ0) is 12.8. The Hall–Kier alpha value is -0.620. The third kappa shape index (κ3) is 3.67. The Morgan fingerprint density at radius 1 is 1.41 bits per heavy atom. The van der Waals surface area contributed by atoms with E-state index in [2.05, 4.69) is 0 Å². The molecular weight excluding hydrogens is 241 g/mol. The third-order valence-electron chi connectivity index (χ3n) is 2.55. The molecule has 1 unspecified atom stereocenters. The number of hydrogen-bond acceptors (Lipinski definition) is 3. The maximum absolute atomic E-state index is 12.5. The predicted octanol–water partition coefficient (Wildman–Crippen LogP) is 1.80. The van der Waals surface area contributed by atoms with Crippen molar-refractivity contribution in [2.45, 2.75) is 24.0 Å². The van der Waals surface area contributed by atoms with Gasteiger partial charge in [0.15, 0.2) is 4.90 Å². The average molecular weight is 259 g/mol. The van der Waals surface area contributed by atoms with Gasteiger partial charge < -0.3 is 15.0 Å². The highest BCUT2D eigenvalue weighted by Gasteiger charge is 2.20. The van der Waals surface area contributed by atoms with Gasteiger partial charge in [-0.15, -0.1) is 0 Å². The number of alkyl halides is 1. The summed E-state index contributed by atoms with van der Waals surface area (Å²) >= 11 is -0.972. The van der Waals surface area contributed by atoms with Crippen molar-refractivity contribution in [2.75, 3.05) is 19.5 Å². The summed E-state index contributed by atoms with van der Waals surface area (Å²) in [7, 11) is 1.50. The molecule has 0 bridgehead atoms. The second kappa shape index (κ2) is 6.96. The van der Waals surface area contributed by atoms with Gasteiger partial charge in [0.2, 0.25) is 0 Å². The molecule has 2 N–H and O–H groups in total. The van der Waals surface area contributed by atoms with E-state index in [4.69, 9.17) is 10.5 Å². The molecule has 0 aromatic heterocycles. The molecule has 0 radical (unpaired) electrons. The van der Waals surface area contributed by atoms with Crippen LogP contribution in [0.3, 0.4) is 0 Å². The van der Waals surface area contributed by atoms with Crippen LogP contribution in [0, 0.1) is 0 Å². The van der Waals surface area contributed by atoms with E-state index in [-0.39, 0.29) is 0 Å². The molecule has 3 atom stereocenters. The number of ether oxygens (including phenoxy) is 1. The van der Waals surface area contributed by atoms with Crippen LogP contribution >= 0.6 is 0 Å². The molecule has 0 fully saturated rings. The summed E-state index contributed by atoms with van der Waals surface area (Å²) in [6, 6.07) is 6.43. The highest BCUT2D eigenvalue weighted by molar-refractivity contribution is 7.91. The van der Waals surface area contributed by atoms with E-state index in [1.807, 2.05) is 6.92 Å². The highest BCUT2D eigenvalue weighted by Crippen LogP contribution is 2.22. The Labute approximate surface area is 104 Å². The van der Waals surface area contributed by atoms with Crippen molar-refractivity contribution in [1.82, 2.24) is 0 Å². The van der Waals surface area contributed by atoms with E-state index in [9.17, 15) is 8.94 Å². The van der Waals surface area contributed by atoms with E-state index in [0.717, 1.165) is 10.5 Å². The van der Waals surface area contributed by atoms with Crippen LogP contribution in [0.1, 0.15) is 18.6 Å². The molecule has 0 saturated carbocycles. The SMILES string of the molecule is CC[S+]([O-])c1ccc([C@@H](OC)[C@H](N)CF)cc1. The summed E-state index contributed by atoms with van der Waals surface area (Å²) < 4.78 is 29.2. The molecule has 96 valence electrons. The molecule has 3 nitrogen and oxygen atoms in total. The van der Waals surface area contributed by atoms with Gasteiger partial charge in [0.25, 0.3) is 0 Å². The summed E-state index contributed by atoms with van der Waals surface area (Å²) in [5.41, 5.74) is 6.42. The average Bonchev–Trinajstić information content (AvgIpc) is 2.39. The van der Waals surface area contributed by atoms with Crippen molar-refractivity contribution in [2.24, 2.45) is 5.73 Å². The van der Waals surface area contributed by atoms with Gasteiger partial charge in [0, 0.05) is 7.11 Å². The molecule has 0 aliphatic carbocycles. The van der Waals surface area contributed by atoms with E-state index in [1.54, 1.807) is 24.3 Å². The maximum Gasteiger partial charge on any atom is 0.152 e. The second-order valence-electron chi connectivity index (χ2n) is 3.68. The molecule has 1 rings (SSSR count). The van der Waals surface area contributed by atoms with E-state index in [1.165, 1.54) is 7.11 Å². The second-order valence-corrected chi connectivity index (χ2v) is 5.42. The van der Waals surface area contributed by atoms with Gasteiger partial charge >= 0.3 is 0 Å². The number of methoxy groups -OCH3 is 1. The van der Waals surface area contributed by atoms with Crippen LogP contribution in [0.4, 0.5) is 4.39 Å². The summed E-state index contributed by atoms with van der Waals surface area (Å²) in [5.74, 6) is 0.580. The number of benzene rings is 1. The number of hydrogen-bond donors (Lipinski definition) is 1. The van der Waals surface area contributed by atoms with Gasteiger partial charge in [-0.1, -0.05) is 12.1 Å². The predicted molar refractivity (Wildman–Crippen MR) is 67.1 cm³/mol. The minimum absolute atomic E-state index is 0.468. The van der Waals surface area contributed by atoms with Crippen LogP contribution in [0.5, 0.6) is 0 Å². The third-order valence-corrected chi connectivity index (χ3v) is 3.88. The fourth-order valence-electron chi connectivity index (χ4n) is 1.61. The van der Waals surface area contributed by atoms with Crippen molar-refractivity contribution in [3.63, 3.8) is 0 Å². The molecule has 5 heteroatoms. The Morgan fingerprint density at radius 3 is 2.41 bits per heavy atom. The van der Waals surface area contributed by atoms with E-state index >= 15 is 0 Å². The molecule has 0 saturated heterocycles. The van der Waals surface area contributed by atoms with Crippen LogP contribution in [0.15, 0.2) is 29.2 Å². The first-order valence-electron chi connectivity index (χ1n) is 5.46. The van der Waals surface area contributed by atoms with E-state index in [0.29, 0.717) is 5.75 Å². The molecule has 0 spiro atoms. The van der Waals surface area contributed by atoms with Crippen molar-refractivity contribution < 1.29 is 13.7 Å². The molecule has 0 aliphatic rings. The zero-order valence-corrected chi connectivity index (χ0v) is 10.9. The maximum atomic E-state index is 12.5. The number of nitrogens with two attached hydrogens (primary N) is 1.